The molecule has 6 heteroatoms. The Morgan fingerprint density at radius 1 is 1.00 bits per heavy atom. The first-order chi connectivity index (χ1) is 7.48. The van der Waals surface area contributed by atoms with E-state index in [4.69, 9.17) is 0 Å². The van der Waals surface area contributed by atoms with Crippen molar-refractivity contribution in [2.45, 2.75) is 64.6 Å². The zero-order valence-electron chi connectivity index (χ0n) is 10.8. The van der Waals surface area contributed by atoms with Gasteiger partial charge < -0.3 is 0 Å². The Kier molecular flexibility index (Phi) is 5.38. The zero-order valence-corrected chi connectivity index (χ0v) is 10.8. The van der Waals surface area contributed by atoms with Crippen LogP contribution in [0.15, 0.2) is 0 Å². The minimum Gasteiger partial charge on any atom is -0.288 e. The second-order valence-electron chi connectivity index (χ2n) is 4.99. The summed E-state index contributed by atoms with van der Waals surface area (Å²) in [7, 11) is 0. The number of rotatable bonds is 5. The summed E-state index contributed by atoms with van der Waals surface area (Å²) in [4.78, 5) is 1.23. The number of hydrogen-bond donors (Lipinski definition) is 0. The van der Waals surface area contributed by atoms with E-state index in [1.165, 1.54) is 4.90 Å². The van der Waals surface area contributed by atoms with Crippen molar-refractivity contribution in [3.05, 3.63) is 0 Å². The van der Waals surface area contributed by atoms with Gasteiger partial charge in [0, 0.05) is 12.1 Å². The highest BCUT2D eigenvalue weighted by atomic mass is 19.4. The Labute approximate surface area is 99.0 Å². The van der Waals surface area contributed by atoms with Crippen LogP contribution in [0.25, 0.3) is 0 Å². The molecule has 0 saturated carbocycles. The first-order valence-electron chi connectivity index (χ1n) is 5.53. The Hall–Kier alpha value is -0.390. The van der Waals surface area contributed by atoms with Crippen LogP contribution in [-0.2, 0) is 0 Å². The maximum Gasteiger partial charge on any atom is 0.421 e. The molecule has 0 spiro atoms. The minimum absolute atomic E-state index is 0.378. The fraction of sp³-hybridized carbons (Fsp3) is 1.00. The van der Waals surface area contributed by atoms with E-state index in [0.717, 1.165) is 6.92 Å². The van der Waals surface area contributed by atoms with Crippen molar-refractivity contribution in [3.63, 3.8) is 0 Å². The molecule has 17 heavy (non-hydrogen) atoms. The Morgan fingerprint density at radius 2 is 1.35 bits per heavy atom. The number of halogens is 5. The summed E-state index contributed by atoms with van der Waals surface area (Å²) in [6.45, 7) is 6.08. The topological polar surface area (TPSA) is 3.24 Å². The van der Waals surface area contributed by atoms with Crippen molar-refractivity contribution in [2.75, 3.05) is 6.67 Å². The summed E-state index contributed by atoms with van der Waals surface area (Å²) in [5, 5.41) is 0. The molecule has 0 fully saturated rings. The van der Waals surface area contributed by atoms with Gasteiger partial charge >= 0.3 is 6.18 Å². The van der Waals surface area contributed by atoms with E-state index in [0.29, 0.717) is 0 Å². The van der Waals surface area contributed by atoms with Gasteiger partial charge in [0.1, 0.15) is 6.67 Å². The Morgan fingerprint density at radius 3 is 1.53 bits per heavy atom. The van der Waals surface area contributed by atoms with Gasteiger partial charge in [-0.05, 0) is 34.6 Å². The average Bonchev–Trinajstić information content (AvgIpc) is 2.13. The van der Waals surface area contributed by atoms with E-state index in [9.17, 15) is 22.0 Å². The molecule has 104 valence electrons. The van der Waals surface area contributed by atoms with Crippen LogP contribution in [0.2, 0.25) is 0 Å². The molecular weight excluding hydrogens is 241 g/mol. The molecule has 0 aliphatic carbocycles. The predicted octanol–water partition coefficient (Wildman–Crippen LogP) is 3.73. The third-order valence-electron chi connectivity index (χ3n) is 2.81. The average molecular weight is 261 g/mol. The van der Waals surface area contributed by atoms with E-state index < -0.39 is 24.6 Å². The second-order valence-corrected chi connectivity index (χ2v) is 4.99. The van der Waals surface area contributed by atoms with Crippen LogP contribution in [0.1, 0.15) is 34.6 Å². The third-order valence-corrected chi connectivity index (χ3v) is 2.81. The van der Waals surface area contributed by atoms with E-state index in [2.05, 4.69) is 0 Å². The maximum absolute atomic E-state index is 13.5. The molecular formula is C11H20F5N. The van der Waals surface area contributed by atoms with Crippen LogP contribution in [0, 0.1) is 0 Å². The quantitative estimate of drug-likeness (QED) is 0.681. The van der Waals surface area contributed by atoms with Gasteiger partial charge in [-0.1, -0.05) is 0 Å². The highest BCUT2D eigenvalue weighted by Gasteiger charge is 2.56. The molecule has 0 bridgehead atoms. The second kappa shape index (κ2) is 5.50. The largest absolute Gasteiger partial charge is 0.421 e. The van der Waals surface area contributed by atoms with Crippen LogP contribution in [0.4, 0.5) is 22.0 Å². The smallest absolute Gasteiger partial charge is 0.288 e. The molecule has 0 aromatic rings. The van der Waals surface area contributed by atoms with Gasteiger partial charge in [0.2, 0.25) is 6.17 Å². The van der Waals surface area contributed by atoms with Gasteiger partial charge in [0.15, 0.2) is 0 Å². The minimum atomic E-state index is -5.05. The third kappa shape index (κ3) is 3.53. The van der Waals surface area contributed by atoms with Crippen LogP contribution in [0.5, 0.6) is 0 Å². The van der Waals surface area contributed by atoms with Crippen LogP contribution < -0.4 is 0 Å². The molecule has 2 unspecified atom stereocenters. The normalized spacial score (nSPS) is 18.9. The lowest BCUT2D eigenvalue weighted by atomic mass is 9.91. The molecule has 0 aliphatic rings. The molecule has 0 rings (SSSR count). The molecule has 0 N–H and O–H groups in total. The number of alkyl halides is 5. The van der Waals surface area contributed by atoms with Crippen molar-refractivity contribution >= 4 is 0 Å². The molecule has 0 amide bonds. The standard InChI is InChI=1S/C11H20F5N/c1-7(2)17(8(3)4)10(5,6-12)9(13)11(14,15)16/h7-9H,6H2,1-5H3. The highest BCUT2D eigenvalue weighted by Crippen LogP contribution is 2.37. The molecule has 0 saturated heterocycles. The zero-order chi connectivity index (χ0) is 14.0. The van der Waals surface area contributed by atoms with Gasteiger partial charge in [-0.3, -0.25) is 4.90 Å². The van der Waals surface area contributed by atoms with Gasteiger partial charge in [0.25, 0.3) is 0 Å². The molecule has 0 heterocycles. The van der Waals surface area contributed by atoms with Crippen molar-refractivity contribution in [3.8, 4) is 0 Å². The lowest BCUT2D eigenvalue weighted by molar-refractivity contribution is -0.222. The summed E-state index contributed by atoms with van der Waals surface area (Å²) in [6, 6.07) is -0.757. The lowest BCUT2D eigenvalue weighted by Gasteiger charge is -2.46. The Balaban J connectivity index is 5.37. The first-order valence-corrected chi connectivity index (χ1v) is 5.53. The summed E-state index contributed by atoms with van der Waals surface area (Å²) < 4.78 is 63.9. The molecule has 1 nitrogen and oxygen atoms in total. The predicted molar refractivity (Wildman–Crippen MR) is 57.4 cm³/mol. The van der Waals surface area contributed by atoms with E-state index >= 15 is 0 Å². The SMILES string of the molecule is CC(C)N(C(C)C)C(C)(CF)C(F)C(F)(F)F. The Bertz CT molecular complexity index is 231. The van der Waals surface area contributed by atoms with Gasteiger partial charge in [-0.2, -0.15) is 13.2 Å². The number of nitrogens with zero attached hydrogens (tertiary/aromatic N) is 1. The van der Waals surface area contributed by atoms with E-state index in [1.807, 2.05) is 0 Å². The molecule has 0 aromatic heterocycles. The summed E-state index contributed by atoms with van der Waals surface area (Å²) in [5.41, 5.74) is -2.18. The van der Waals surface area contributed by atoms with E-state index in [-0.39, 0.29) is 12.1 Å². The number of hydrogen-bond acceptors (Lipinski definition) is 1. The van der Waals surface area contributed by atoms with Crippen molar-refractivity contribution in [1.29, 1.82) is 0 Å². The van der Waals surface area contributed by atoms with Gasteiger partial charge in [-0.25, -0.2) is 8.78 Å². The fourth-order valence-corrected chi connectivity index (χ4v) is 2.40. The molecule has 2 atom stereocenters. The van der Waals surface area contributed by atoms with Crippen LogP contribution in [0.3, 0.4) is 0 Å². The maximum atomic E-state index is 13.5. The summed E-state index contributed by atoms with van der Waals surface area (Å²) >= 11 is 0. The van der Waals surface area contributed by atoms with Gasteiger partial charge in [-0.15, -0.1) is 0 Å². The summed E-state index contributed by atoms with van der Waals surface area (Å²) in [6.07, 6.45) is -8.26. The van der Waals surface area contributed by atoms with Crippen molar-refractivity contribution in [1.82, 2.24) is 4.90 Å². The first kappa shape index (κ1) is 16.6. The van der Waals surface area contributed by atoms with Crippen LogP contribution >= 0.6 is 0 Å². The molecule has 0 aliphatic heterocycles. The lowest BCUT2D eigenvalue weighted by Crippen LogP contribution is -2.63. The molecule has 0 radical (unpaired) electrons. The van der Waals surface area contributed by atoms with E-state index in [1.54, 1.807) is 27.7 Å². The van der Waals surface area contributed by atoms with Crippen molar-refractivity contribution in [2.24, 2.45) is 0 Å². The molecule has 0 aromatic carbocycles. The summed E-state index contributed by atoms with van der Waals surface area (Å²) in [5.74, 6) is 0. The highest BCUT2D eigenvalue weighted by molar-refractivity contribution is 4.99. The fourth-order valence-electron chi connectivity index (χ4n) is 2.40. The monoisotopic (exact) mass is 261 g/mol. The van der Waals surface area contributed by atoms with Crippen LogP contribution in [-0.4, -0.2) is 41.5 Å². The van der Waals surface area contributed by atoms with Gasteiger partial charge in [0.05, 0.1) is 5.54 Å². The van der Waals surface area contributed by atoms with Crippen molar-refractivity contribution < 1.29 is 22.0 Å².